The molecule has 1 amide bonds. The van der Waals surface area contributed by atoms with Crippen LogP contribution in [0, 0.1) is 6.92 Å². The number of carbonyl (C=O) groups is 1. The van der Waals surface area contributed by atoms with Crippen molar-refractivity contribution in [2.75, 3.05) is 12.8 Å². The predicted molar refractivity (Wildman–Crippen MR) is 79.3 cm³/mol. The normalized spacial score (nSPS) is 12.2. The minimum absolute atomic E-state index is 0.0366. The van der Waals surface area contributed by atoms with Gasteiger partial charge in [0.25, 0.3) is 5.91 Å². The molecule has 1 atom stereocenters. The first-order valence-electron chi connectivity index (χ1n) is 6.53. The van der Waals surface area contributed by atoms with E-state index in [9.17, 15) is 4.79 Å². The molecule has 0 bridgehead atoms. The van der Waals surface area contributed by atoms with E-state index in [1.54, 1.807) is 22.8 Å². The van der Waals surface area contributed by atoms with Crippen molar-refractivity contribution in [1.29, 1.82) is 0 Å². The van der Waals surface area contributed by atoms with Crippen molar-refractivity contribution < 1.29 is 4.79 Å². The number of aryl methyl sites for hydroxylation is 2. The molecule has 1 aromatic heterocycles. The van der Waals surface area contributed by atoms with Gasteiger partial charge in [0, 0.05) is 26.0 Å². The molecule has 106 valence electrons. The maximum absolute atomic E-state index is 12.5. The number of carbonyl (C=O) groups excluding carboxylic acids is 1. The number of benzene rings is 1. The van der Waals surface area contributed by atoms with Crippen molar-refractivity contribution in [3.8, 4) is 0 Å². The van der Waals surface area contributed by atoms with E-state index in [0.29, 0.717) is 11.3 Å². The van der Waals surface area contributed by atoms with Crippen LogP contribution in [0.25, 0.3) is 0 Å². The molecular formula is C15H20N4O. The van der Waals surface area contributed by atoms with E-state index in [2.05, 4.69) is 5.10 Å². The summed E-state index contributed by atoms with van der Waals surface area (Å²) in [5.74, 6) is -0.0366. The molecule has 1 aromatic carbocycles. The number of amides is 1. The molecule has 5 heteroatoms. The SMILES string of the molecule is Cc1nn(C)cc1C(=O)N(C)C(C)c1cccc(N)c1. The summed E-state index contributed by atoms with van der Waals surface area (Å²) < 4.78 is 1.65. The van der Waals surface area contributed by atoms with Gasteiger partial charge in [-0.05, 0) is 31.5 Å². The average molecular weight is 272 g/mol. The summed E-state index contributed by atoms with van der Waals surface area (Å²) in [5, 5.41) is 4.21. The quantitative estimate of drug-likeness (QED) is 0.871. The van der Waals surface area contributed by atoms with Crippen molar-refractivity contribution >= 4 is 11.6 Å². The number of nitrogens with zero attached hydrogens (tertiary/aromatic N) is 3. The van der Waals surface area contributed by atoms with Crippen LogP contribution >= 0.6 is 0 Å². The van der Waals surface area contributed by atoms with Crippen molar-refractivity contribution in [2.45, 2.75) is 19.9 Å². The number of anilines is 1. The van der Waals surface area contributed by atoms with Crippen LogP contribution < -0.4 is 5.73 Å². The second kappa shape index (κ2) is 5.36. The van der Waals surface area contributed by atoms with Gasteiger partial charge in [-0.1, -0.05) is 12.1 Å². The molecule has 0 aliphatic carbocycles. The number of nitrogen functional groups attached to an aromatic ring is 1. The van der Waals surface area contributed by atoms with E-state index >= 15 is 0 Å². The highest BCUT2D eigenvalue weighted by atomic mass is 16.2. The lowest BCUT2D eigenvalue weighted by Crippen LogP contribution is -2.30. The molecular weight excluding hydrogens is 252 g/mol. The molecule has 0 radical (unpaired) electrons. The topological polar surface area (TPSA) is 64.2 Å². The minimum atomic E-state index is -0.0504. The standard InChI is InChI=1S/C15H20N4O/c1-10-14(9-18(3)17-10)15(20)19(4)11(2)12-6-5-7-13(16)8-12/h5-9,11H,16H2,1-4H3. The zero-order valence-electron chi connectivity index (χ0n) is 12.3. The van der Waals surface area contributed by atoms with Crippen molar-refractivity contribution in [2.24, 2.45) is 7.05 Å². The summed E-state index contributed by atoms with van der Waals surface area (Å²) >= 11 is 0. The molecule has 20 heavy (non-hydrogen) atoms. The monoisotopic (exact) mass is 272 g/mol. The van der Waals surface area contributed by atoms with Gasteiger partial charge in [-0.15, -0.1) is 0 Å². The van der Waals surface area contributed by atoms with Crippen LogP contribution in [0.5, 0.6) is 0 Å². The maximum Gasteiger partial charge on any atom is 0.257 e. The van der Waals surface area contributed by atoms with Gasteiger partial charge in [0.1, 0.15) is 0 Å². The average Bonchev–Trinajstić information content (AvgIpc) is 2.75. The predicted octanol–water partition coefficient (Wildman–Crippen LogP) is 2.14. The Labute approximate surface area is 119 Å². The van der Waals surface area contributed by atoms with Crippen LogP contribution in [0.4, 0.5) is 5.69 Å². The van der Waals surface area contributed by atoms with Gasteiger partial charge < -0.3 is 10.6 Å². The third kappa shape index (κ3) is 2.66. The molecule has 0 saturated carbocycles. The summed E-state index contributed by atoms with van der Waals surface area (Å²) in [7, 11) is 3.60. The van der Waals surface area contributed by atoms with Crippen LogP contribution in [0.1, 0.15) is 34.6 Å². The van der Waals surface area contributed by atoms with Crippen LogP contribution in [0.3, 0.4) is 0 Å². The Balaban J connectivity index is 2.24. The largest absolute Gasteiger partial charge is 0.399 e. The Morgan fingerprint density at radius 3 is 2.70 bits per heavy atom. The fourth-order valence-corrected chi connectivity index (χ4v) is 2.22. The van der Waals surface area contributed by atoms with Crippen LogP contribution in [-0.4, -0.2) is 27.6 Å². The highest BCUT2D eigenvalue weighted by Crippen LogP contribution is 2.22. The smallest absolute Gasteiger partial charge is 0.257 e. The minimum Gasteiger partial charge on any atom is -0.399 e. The number of aromatic nitrogens is 2. The summed E-state index contributed by atoms with van der Waals surface area (Å²) in [4.78, 5) is 14.2. The molecule has 0 aliphatic rings. The van der Waals surface area contributed by atoms with Gasteiger partial charge in [0.15, 0.2) is 0 Å². The molecule has 2 rings (SSSR count). The van der Waals surface area contributed by atoms with Gasteiger partial charge in [-0.2, -0.15) is 5.10 Å². The Hall–Kier alpha value is -2.30. The lowest BCUT2D eigenvalue weighted by Gasteiger charge is -2.25. The summed E-state index contributed by atoms with van der Waals surface area (Å²) in [6.07, 6.45) is 1.75. The Morgan fingerprint density at radius 1 is 1.45 bits per heavy atom. The molecule has 0 aliphatic heterocycles. The van der Waals surface area contributed by atoms with Gasteiger partial charge in [-0.3, -0.25) is 9.48 Å². The first-order chi connectivity index (χ1) is 9.40. The second-order valence-corrected chi connectivity index (χ2v) is 5.06. The maximum atomic E-state index is 12.5. The van der Waals surface area contributed by atoms with Crippen molar-refractivity contribution in [1.82, 2.24) is 14.7 Å². The zero-order chi connectivity index (χ0) is 14.9. The van der Waals surface area contributed by atoms with Gasteiger partial charge in [-0.25, -0.2) is 0 Å². The Morgan fingerprint density at radius 2 is 2.15 bits per heavy atom. The van der Waals surface area contributed by atoms with Crippen LogP contribution in [-0.2, 0) is 7.05 Å². The number of hydrogen-bond acceptors (Lipinski definition) is 3. The van der Waals surface area contributed by atoms with Crippen LogP contribution in [0.2, 0.25) is 0 Å². The lowest BCUT2D eigenvalue weighted by molar-refractivity contribution is 0.0742. The van der Waals surface area contributed by atoms with Crippen molar-refractivity contribution in [3.05, 3.63) is 47.3 Å². The Bertz CT molecular complexity index is 633. The van der Waals surface area contributed by atoms with E-state index in [4.69, 9.17) is 5.73 Å². The molecule has 2 N–H and O–H groups in total. The summed E-state index contributed by atoms with van der Waals surface area (Å²) in [6, 6.07) is 7.55. The fourth-order valence-electron chi connectivity index (χ4n) is 2.22. The molecule has 0 spiro atoms. The van der Waals surface area contributed by atoms with Crippen molar-refractivity contribution in [3.63, 3.8) is 0 Å². The molecule has 0 saturated heterocycles. The molecule has 1 unspecified atom stereocenters. The van der Waals surface area contributed by atoms with E-state index in [0.717, 1.165) is 11.3 Å². The van der Waals surface area contributed by atoms with E-state index in [1.165, 1.54) is 0 Å². The fraction of sp³-hybridized carbons (Fsp3) is 0.333. The first-order valence-corrected chi connectivity index (χ1v) is 6.53. The van der Waals surface area contributed by atoms with E-state index in [-0.39, 0.29) is 11.9 Å². The van der Waals surface area contributed by atoms with Crippen LogP contribution in [0.15, 0.2) is 30.5 Å². The van der Waals surface area contributed by atoms with E-state index < -0.39 is 0 Å². The second-order valence-electron chi connectivity index (χ2n) is 5.06. The van der Waals surface area contributed by atoms with Gasteiger partial charge in [0.2, 0.25) is 0 Å². The highest BCUT2D eigenvalue weighted by molar-refractivity contribution is 5.95. The third-order valence-corrected chi connectivity index (χ3v) is 3.54. The molecule has 5 nitrogen and oxygen atoms in total. The van der Waals surface area contributed by atoms with Gasteiger partial charge >= 0.3 is 0 Å². The lowest BCUT2D eigenvalue weighted by atomic mass is 10.1. The number of nitrogens with two attached hydrogens (primary N) is 1. The Kier molecular flexibility index (Phi) is 3.79. The van der Waals surface area contributed by atoms with E-state index in [1.807, 2.05) is 45.2 Å². The molecule has 0 fully saturated rings. The van der Waals surface area contributed by atoms with Gasteiger partial charge in [0.05, 0.1) is 17.3 Å². The number of hydrogen-bond donors (Lipinski definition) is 1. The molecule has 2 aromatic rings. The molecule has 1 heterocycles. The number of rotatable bonds is 3. The summed E-state index contributed by atoms with van der Waals surface area (Å²) in [5.41, 5.74) is 8.88. The summed E-state index contributed by atoms with van der Waals surface area (Å²) in [6.45, 7) is 3.82. The first kappa shape index (κ1) is 14.1. The highest BCUT2D eigenvalue weighted by Gasteiger charge is 2.22. The zero-order valence-corrected chi connectivity index (χ0v) is 12.3. The third-order valence-electron chi connectivity index (χ3n) is 3.54.